The lowest BCUT2D eigenvalue weighted by Crippen LogP contribution is -2.35. The number of amides is 1. The molecule has 0 radical (unpaired) electrons. The molecule has 0 saturated heterocycles. The van der Waals surface area contributed by atoms with E-state index in [0.29, 0.717) is 16.0 Å². The summed E-state index contributed by atoms with van der Waals surface area (Å²) in [6.07, 6.45) is 2.07. The molecule has 0 bridgehead atoms. The monoisotopic (exact) mass is 566 g/mol. The lowest BCUT2D eigenvalue weighted by atomic mass is 10.1. The van der Waals surface area contributed by atoms with E-state index >= 15 is 0 Å². The van der Waals surface area contributed by atoms with Crippen molar-refractivity contribution in [1.29, 1.82) is 0 Å². The summed E-state index contributed by atoms with van der Waals surface area (Å²) < 4.78 is 1.67. The molecule has 7 nitrogen and oxygen atoms in total. The number of halogens is 5. The molecule has 164 valence electrons. The number of pyridine rings is 1. The van der Waals surface area contributed by atoms with Gasteiger partial charge in [-0.2, -0.15) is 5.10 Å². The lowest BCUT2D eigenvalue weighted by Gasteiger charge is -2.25. The Morgan fingerprint density at radius 3 is 2.52 bits per heavy atom. The van der Waals surface area contributed by atoms with Crippen molar-refractivity contribution in [3.63, 3.8) is 0 Å². The molecule has 1 amide bonds. The maximum atomic E-state index is 13.6. The van der Waals surface area contributed by atoms with Gasteiger partial charge in [0.25, 0.3) is 5.91 Å². The van der Waals surface area contributed by atoms with Crippen LogP contribution in [-0.2, 0) is 0 Å². The number of benzene rings is 1. The second-order valence-electron chi connectivity index (χ2n) is 6.12. The lowest BCUT2D eigenvalue weighted by molar-refractivity contribution is 0.0697. The minimum atomic E-state index is -1.26. The summed E-state index contributed by atoms with van der Waals surface area (Å²) in [5, 5.41) is 14.4. The topological polar surface area (TPSA) is 88.3 Å². The van der Waals surface area contributed by atoms with E-state index in [1.54, 1.807) is 12.1 Å². The van der Waals surface area contributed by atoms with Gasteiger partial charge < -0.3 is 10.0 Å². The van der Waals surface area contributed by atoms with Crippen LogP contribution in [0.5, 0.6) is 0 Å². The van der Waals surface area contributed by atoms with Crippen molar-refractivity contribution < 1.29 is 14.7 Å². The molecule has 0 aliphatic rings. The van der Waals surface area contributed by atoms with Crippen LogP contribution < -0.4 is 4.90 Å². The molecule has 1 aromatic carbocycles. The van der Waals surface area contributed by atoms with Crippen LogP contribution >= 0.6 is 63.1 Å². The van der Waals surface area contributed by atoms with Crippen LogP contribution in [0.3, 0.4) is 0 Å². The zero-order valence-corrected chi connectivity index (χ0v) is 20.5. The SMILES string of the molecule is CCCN(C(=O)c1cc(Br)nn1-c1ncccc1Cl)c1c(Cl)cc(Cl)cc1C(=O)O.Cl. The van der Waals surface area contributed by atoms with Gasteiger partial charge in [0.05, 0.1) is 21.3 Å². The van der Waals surface area contributed by atoms with Gasteiger partial charge in [-0.15, -0.1) is 12.4 Å². The van der Waals surface area contributed by atoms with Crippen LogP contribution in [0.2, 0.25) is 15.1 Å². The van der Waals surface area contributed by atoms with Crippen molar-refractivity contribution in [2.45, 2.75) is 13.3 Å². The van der Waals surface area contributed by atoms with Gasteiger partial charge in [-0.05, 0) is 46.6 Å². The van der Waals surface area contributed by atoms with Crippen molar-refractivity contribution in [3.05, 3.63) is 67.5 Å². The smallest absolute Gasteiger partial charge is 0.337 e. The summed E-state index contributed by atoms with van der Waals surface area (Å²) in [6, 6.07) is 7.42. The third-order valence-electron chi connectivity index (χ3n) is 4.06. The van der Waals surface area contributed by atoms with Crippen LogP contribution in [-0.4, -0.2) is 38.3 Å². The van der Waals surface area contributed by atoms with Crippen LogP contribution in [0.1, 0.15) is 34.2 Å². The first-order valence-corrected chi connectivity index (χ1v) is 10.6. The highest BCUT2D eigenvalue weighted by molar-refractivity contribution is 9.10. The summed E-state index contributed by atoms with van der Waals surface area (Å²) >= 11 is 21.8. The fraction of sp³-hybridized carbons (Fsp3) is 0.158. The zero-order valence-electron chi connectivity index (χ0n) is 15.9. The third kappa shape index (κ3) is 5.32. The summed E-state index contributed by atoms with van der Waals surface area (Å²) in [5.41, 5.74) is -0.00927. The molecule has 1 N–H and O–H groups in total. The predicted molar refractivity (Wildman–Crippen MR) is 127 cm³/mol. The number of aromatic nitrogens is 3. The predicted octanol–water partition coefficient (Wildman–Crippen LogP) is 6.17. The van der Waals surface area contributed by atoms with Gasteiger partial charge in [-0.25, -0.2) is 14.5 Å². The molecule has 3 rings (SSSR count). The van der Waals surface area contributed by atoms with E-state index < -0.39 is 11.9 Å². The first-order chi connectivity index (χ1) is 14.2. The molecular weight excluding hydrogens is 554 g/mol. The summed E-state index contributed by atoms with van der Waals surface area (Å²) in [4.78, 5) is 30.9. The molecule has 0 aliphatic heterocycles. The molecule has 2 heterocycles. The normalized spacial score (nSPS) is 10.5. The van der Waals surface area contributed by atoms with Crippen molar-refractivity contribution >= 4 is 80.7 Å². The molecule has 0 unspecified atom stereocenters. The van der Waals surface area contributed by atoms with Crippen molar-refractivity contribution in [2.24, 2.45) is 0 Å². The van der Waals surface area contributed by atoms with E-state index in [4.69, 9.17) is 34.8 Å². The Kier molecular flexibility index (Phi) is 8.73. The second-order valence-corrected chi connectivity index (χ2v) is 8.18. The number of carboxylic acids is 1. The molecular formula is C19H15BrCl4N4O3. The zero-order chi connectivity index (χ0) is 22.0. The van der Waals surface area contributed by atoms with E-state index in [0.717, 1.165) is 0 Å². The van der Waals surface area contributed by atoms with Gasteiger partial charge >= 0.3 is 5.97 Å². The standard InChI is InChI=1S/C19H14BrCl3N4O3.ClH/c1-2-6-26(16-11(19(29)30)7-10(21)8-13(16)23)18(28)14-9-15(20)25-27(14)17-12(22)4-3-5-24-17;/h3-5,7-9H,2,6H2,1H3,(H,29,30);1H. The Morgan fingerprint density at radius 2 is 1.90 bits per heavy atom. The molecule has 31 heavy (non-hydrogen) atoms. The van der Waals surface area contributed by atoms with Crippen LogP contribution in [0.25, 0.3) is 5.82 Å². The van der Waals surface area contributed by atoms with Crippen LogP contribution in [0.4, 0.5) is 5.69 Å². The number of hydrogen-bond donors (Lipinski definition) is 1. The summed E-state index contributed by atoms with van der Waals surface area (Å²) in [5.74, 6) is -1.53. The Bertz CT molecular complexity index is 1140. The highest BCUT2D eigenvalue weighted by Gasteiger charge is 2.29. The van der Waals surface area contributed by atoms with Crippen molar-refractivity contribution in [2.75, 3.05) is 11.4 Å². The van der Waals surface area contributed by atoms with E-state index in [2.05, 4.69) is 26.0 Å². The molecule has 0 atom stereocenters. The second kappa shape index (κ2) is 10.7. The van der Waals surface area contributed by atoms with E-state index in [-0.39, 0.29) is 51.8 Å². The van der Waals surface area contributed by atoms with Gasteiger partial charge in [0.15, 0.2) is 5.82 Å². The Labute approximate surface area is 207 Å². The Morgan fingerprint density at radius 1 is 1.19 bits per heavy atom. The minimum Gasteiger partial charge on any atom is -0.478 e. The fourth-order valence-electron chi connectivity index (χ4n) is 2.88. The van der Waals surface area contributed by atoms with Crippen molar-refractivity contribution in [3.8, 4) is 5.82 Å². The minimum absolute atomic E-state index is 0. The number of carboxylic acid groups (broad SMARTS) is 1. The maximum Gasteiger partial charge on any atom is 0.337 e. The number of carbonyl (C=O) groups excluding carboxylic acids is 1. The molecule has 2 aromatic heterocycles. The summed E-state index contributed by atoms with van der Waals surface area (Å²) in [6.45, 7) is 2.06. The molecule has 0 aliphatic carbocycles. The van der Waals surface area contributed by atoms with Gasteiger partial charge in [0.2, 0.25) is 0 Å². The molecule has 0 saturated carbocycles. The number of carbonyl (C=O) groups is 2. The molecule has 12 heteroatoms. The Hall–Kier alpha value is -1.84. The quantitative estimate of drug-likeness (QED) is 0.384. The number of hydrogen-bond acceptors (Lipinski definition) is 4. The number of aromatic carboxylic acids is 1. The van der Waals surface area contributed by atoms with Crippen LogP contribution in [0, 0.1) is 0 Å². The van der Waals surface area contributed by atoms with Gasteiger partial charge in [0.1, 0.15) is 10.3 Å². The van der Waals surface area contributed by atoms with E-state index in [1.165, 1.54) is 34.0 Å². The first kappa shape index (κ1) is 25.4. The van der Waals surface area contributed by atoms with E-state index in [9.17, 15) is 14.7 Å². The fourth-order valence-corrected chi connectivity index (χ4v) is 4.05. The number of rotatable bonds is 6. The van der Waals surface area contributed by atoms with Gasteiger partial charge in [-0.1, -0.05) is 41.7 Å². The average Bonchev–Trinajstić information content (AvgIpc) is 3.07. The molecule has 0 fully saturated rings. The highest BCUT2D eigenvalue weighted by atomic mass is 79.9. The van der Waals surface area contributed by atoms with Crippen molar-refractivity contribution in [1.82, 2.24) is 14.8 Å². The molecule has 0 spiro atoms. The van der Waals surface area contributed by atoms with Crippen LogP contribution in [0.15, 0.2) is 41.1 Å². The largest absolute Gasteiger partial charge is 0.478 e. The number of anilines is 1. The highest BCUT2D eigenvalue weighted by Crippen LogP contribution is 2.35. The third-order valence-corrected chi connectivity index (χ3v) is 5.25. The molecule has 3 aromatic rings. The Balaban J connectivity index is 0.00000341. The summed E-state index contributed by atoms with van der Waals surface area (Å²) in [7, 11) is 0. The van der Waals surface area contributed by atoms with Gasteiger partial charge in [-0.3, -0.25) is 4.79 Å². The van der Waals surface area contributed by atoms with Gasteiger partial charge in [0, 0.05) is 23.8 Å². The maximum absolute atomic E-state index is 13.6. The number of nitrogens with zero attached hydrogens (tertiary/aromatic N) is 4. The van der Waals surface area contributed by atoms with E-state index in [1.807, 2.05) is 6.92 Å². The average molecular weight is 569 g/mol. The first-order valence-electron chi connectivity index (χ1n) is 8.65.